The molecule has 0 saturated carbocycles. The molecule has 0 unspecified atom stereocenters. The van der Waals surface area contributed by atoms with Crippen LogP contribution in [-0.4, -0.2) is 10.8 Å². The summed E-state index contributed by atoms with van der Waals surface area (Å²) in [4.78, 5) is 16.2. The molecular formula is C19H15NO2. The maximum Gasteiger partial charge on any atom is 0.226 e. The Labute approximate surface area is 128 Å². The topological polar surface area (TPSA) is 43.1 Å². The van der Waals surface area contributed by atoms with E-state index in [1.165, 1.54) is 0 Å². The number of carbonyl (C=O) groups is 1. The van der Waals surface area contributed by atoms with Crippen molar-refractivity contribution in [1.29, 1.82) is 0 Å². The lowest BCUT2D eigenvalue weighted by Gasteiger charge is -1.94. The molecule has 3 nitrogen and oxygen atoms in total. The maximum atomic E-state index is 12.0. The number of oxazole rings is 1. The lowest BCUT2D eigenvalue weighted by Crippen LogP contribution is -1.96. The van der Waals surface area contributed by atoms with Crippen LogP contribution < -0.4 is 0 Å². The highest BCUT2D eigenvalue weighted by Gasteiger charge is 2.08. The summed E-state index contributed by atoms with van der Waals surface area (Å²) in [6.45, 7) is 0. The first-order valence-corrected chi connectivity index (χ1v) is 7.07. The molecule has 0 bridgehead atoms. The summed E-state index contributed by atoms with van der Waals surface area (Å²) in [5, 5.41) is 0. The summed E-state index contributed by atoms with van der Waals surface area (Å²) in [6.07, 6.45) is 5.19. The second-order valence-corrected chi connectivity index (χ2v) is 4.88. The number of rotatable bonds is 5. The maximum absolute atomic E-state index is 12.0. The van der Waals surface area contributed by atoms with E-state index in [0.717, 1.165) is 11.1 Å². The van der Waals surface area contributed by atoms with Crippen molar-refractivity contribution in [3.8, 4) is 11.5 Å². The van der Waals surface area contributed by atoms with Gasteiger partial charge in [0.1, 0.15) is 5.76 Å². The summed E-state index contributed by atoms with van der Waals surface area (Å²) >= 11 is 0. The lowest BCUT2D eigenvalue weighted by molar-refractivity contribution is -0.114. The molecule has 1 heterocycles. The Morgan fingerprint density at radius 2 is 1.68 bits per heavy atom. The van der Waals surface area contributed by atoms with E-state index >= 15 is 0 Å². The van der Waals surface area contributed by atoms with Gasteiger partial charge in [0.2, 0.25) is 5.89 Å². The van der Waals surface area contributed by atoms with Gasteiger partial charge in [0.05, 0.1) is 12.6 Å². The number of carbonyl (C=O) groups excluding carboxylic acids is 1. The van der Waals surface area contributed by atoms with E-state index in [1.54, 1.807) is 18.3 Å². The lowest BCUT2D eigenvalue weighted by atomic mass is 10.1. The van der Waals surface area contributed by atoms with Crippen LogP contribution in [0.2, 0.25) is 0 Å². The van der Waals surface area contributed by atoms with E-state index in [2.05, 4.69) is 4.98 Å². The first-order chi connectivity index (χ1) is 10.8. The Morgan fingerprint density at radius 1 is 1.00 bits per heavy atom. The van der Waals surface area contributed by atoms with Gasteiger partial charge in [0.25, 0.3) is 0 Å². The molecule has 108 valence electrons. The van der Waals surface area contributed by atoms with Gasteiger partial charge in [0.15, 0.2) is 5.78 Å². The molecule has 3 aromatic rings. The molecule has 3 heteroatoms. The van der Waals surface area contributed by atoms with Gasteiger partial charge in [-0.2, -0.15) is 0 Å². The van der Waals surface area contributed by atoms with E-state index in [-0.39, 0.29) is 12.2 Å². The number of hydrogen-bond donors (Lipinski definition) is 0. The first-order valence-electron chi connectivity index (χ1n) is 7.07. The molecule has 0 spiro atoms. The molecule has 3 rings (SSSR count). The van der Waals surface area contributed by atoms with Crippen LogP contribution in [0.15, 0.2) is 77.4 Å². The molecule has 0 aliphatic heterocycles. The minimum atomic E-state index is -0.0142. The molecule has 0 N–H and O–H groups in total. The highest BCUT2D eigenvalue weighted by Crippen LogP contribution is 2.18. The fourth-order valence-corrected chi connectivity index (χ4v) is 2.09. The standard InChI is InChI=1S/C19H15NO2/c21-17(12-11-15-7-3-1-4-8-15)13-18-14-20-19(22-18)16-9-5-2-6-10-16/h1-12,14H,13H2. The van der Waals surface area contributed by atoms with Gasteiger partial charge in [-0.3, -0.25) is 4.79 Å². The third-order valence-corrected chi connectivity index (χ3v) is 3.18. The summed E-state index contributed by atoms with van der Waals surface area (Å²) in [5.74, 6) is 1.09. The molecule has 0 atom stereocenters. The van der Waals surface area contributed by atoms with Gasteiger partial charge in [-0.15, -0.1) is 0 Å². The Morgan fingerprint density at radius 3 is 2.41 bits per heavy atom. The normalized spacial score (nSPS) is 10.9. The Balaban J connectivity index is 1.65. The molecule has 0 amide bonds. The summed E-state index contributed by atoms with van der Waals surface area (Å²) < 4.78 is 5.63. The summed E-state index contributed by atoms with van der Waals surface area (Å²) in [6, 6.07) is 19.3. The second-order valence-electron chi connectivity index (χ2n) is 4.88. The highest BCUT2D eigenvalue weighted by molar-refractivity contribution is 5.94. The molecule has 1 aromatic heterocycles. The van der Waals surface area contributed by atoms with Gasteiger partial charge in [-0.1, -0.05) is 54.6 Å². The van der Waals surface area contributed by atoms with Gasteiger partial charge in [0, 0.05) is 5.56 Å². The van der Waals surface area contributed by atoms with E-state index in [9.17, 15) is 4.79 Å². The predicted molar refractivity (Wildman–Crippen MR) is 86.1 cm³/mol. The van der Waals surface area contributed by atoms with Crippen molar-refractivity contribution < 1.29 is 9.21 Å². The van der Waals surface area contributed by atoms with E-state index in [4.69, 9.17) is 4.42 Å². The van der Waals surface area contributed by atoms with Crippen LogP contribution in [0.5, 0.6) is 0 Å². The zero-order chi connectivity index (χ0) is 15.2. The van der Waals surface area contributed by atoms with Crippen molar-refractivity contribution in [2.24, 2.45) is 0 Å². The highest BCUT2D eigenvalue weighted by atomic mass is 16.4. The SMILES string of the molecule is O=C(C=Cc1ccccc1)Cc1cnc(-c2ccccc2)o1. The van der Waals surface area contributed by atoms with Crippen LogP contribution in [0.25, 0.3) is 17.5 Å². The quantitative estimate of drug-likeness (QED) is 0.662. The first kappa shape index (κ1) is 14.0. The Hall–Kier alpha value is -2.94. The third kappa shape index (κ3) is 3.58. The largest absolute Gasteiger partial charge is 0.441 e. The number of aromatic nitrogens is 1. The smallest absolute Gasteiger partial charge is 0.226 e. The van der Waals surface area contributed by atoms with Crippen LogP contribution in [0.3, 0.4) is 0 Å². The van der Waals surface area contributed by atoms with Crippen molar-refractivity contribution in [2.45, 2.75) is 6.42 Å². The molecule has 22 heavy (non-hydrogen) atoms. The molecule has 0 saturated heterocycles. The van der Waals surface area contributed by atoms with Crippen molar-refractivity contribution in [1.82, 2.24) is 4.98 Å². The fraction of sp³-hybridized carbons (Fsp3) is 0.0526. The van der Waals surface area contributed by atoms with Crippen LogP contribution in [0.1, 0.15) is 11.3 Å². The Kier molecular flexibility index (Phi) is 4.25. The van der Waals surface area contributed by atoms with Crippen LogP contribution in [0.4, 0.5) is 0 Å². The van der Waals surface area contributed by atoms with Gasteiger partial charge in [-0.25, -0.2) is 4.98 Å². The third-order valence-electron chi connectivity index (χ3n) is 3.18. The number of nitrogens with zero attached hydrogens (tertiary/aromatic N) is 1. The molecule has 0 fully saturated rings. The van der Waals surface area contributed by atoms with Gasteiger partial charge < -0.3 is 4.42 Å². The molecular weight excluding hydrogens is 274 g/mol. The van der Waals surface area contributed by atoms with Crippen LogP contribution >= 0.6 is 0 Å². The van der Waals surface area contributed by atoms with Crippen LogP contribution in [0, 0.1) is 0 Å². The van der Waals surface area contributed by atoms with E-state index in [0.29, 0.717) is 11.7 Å². The Bertz CT molecular complexity index is 773. The summed E-state index contributed by atoms with van der Waals surface area (Å²) in [7, 11) is 0. The van der Waals surface area contributed by atoms with Gasteiger partial charge in [-0.05, 0) is 23.8 Å². The zero-order valence-electron chi connectivity index (χ0n) is 12.0. The number of hydrogen-bond acceptors (Lipinski definition) is 3. The number of ketones is 1. The predicted octanol–water partition coefficient (Wildman–Crippen LogP) is 4.17. The molecule has 2 aromatic carbocycles. The second kappa shape index (κ2) is 6.68. The zero-order valence-corrected chi connectivity index (χ0v) is 12.0. The number of allylic oxidation sites excluding steroid dienone is 1. The molecule has 0 radical (unpaired) electrons. The van der Waals surface area contributed by atoms with Crippen molar-refractivity contribution in [3.63, 3.8) is 0 Å². The summed E-state index contributed by atoms with van der Waals surface area (Å²) in [5.41, 5.74) is 1.90. The van der Waals surface area contributed by atoms with Crippen LogP contribution in [-0.2, 0) is 11.2 Å². The van der Waals surface area contributed by atoms with Gasteiger partial charge >= 0.3 is 0 Å². The van der Waals surface area contributed by atoms with Crippen molar-refractivity contribution >= 4 is 11.9 Å². The fourth-order valence-electron chi connectivity index (χ4n) is 2.09. The minimum Gasteiger partial charge on any atom is -0.441 e. The average molecular weight is 289 g/mol. The monoisotopic (exact) mass is 289 g/mol. The molecule has 0 aliphatic rings. The van der Waals surface area contributed by atoms with E-state index < -0.39 is 0 Å². The van der Waals surface area contributed by atoms with E-state index in [1.807, 2.05) is 60.7 Å². The van der Waals surface area contributed by atoms with Crippen molar-refractivity contribution in [3.05, 3.63) is 84.3 Å². The number of benzene rings is 2. The molecule has 0 aliphatic carbocycles. The minimum absolute atomic E-state index is 0.0142. The van der Waals surface area contributed by atoms with Crippen molar-refractivity contribution in [2.75, 3.05) is 0 Å². The average Bonchev–Trinajstić information content (AvgIpc) is 3.03.